The molecule has 1 aromatic carbocycles. The second kappa shape index (κ2) is 9.50. The van der Waals surface area contributed by atoms with Gasteiger partial charge in [-0.25, -0.2) is 0 Å². The highest BCUT2D eigenvalue weighted by atomic mass is 35.5. The molecule has 116 valence electrons. The van der Waals surface area contributed by atoms with E-state index in [2.05, 4.69) is 27.6 Å². The van der Waals surface area contributed by atoms with Crippen LogP contribution in [0.4, 0.5) is 0 Å². The summed E-state index contributed by atoms with van der Waals surface area (Å²) in [4.78, 5) is 1.62. The normalized spacial score (nSPS) is 10.4. The molecule has 0 saturated carbocycles. The molecule has 21 heavy (non-hydrogen) atoms. The minimum absolute atomic E-state index is 0. The molecule has 0 aliphatic rings. The first-order chi connectivity index (χ1) is 9.81. The van der Waals surface area contributed by atoms with Crippen molar-refractivity contribution in [2.75, 3.05) is 19.8 Å². The predicted molar refractivity (Wildman–Crippen MR) is 86.5 cm³/mol. The van der Waals surface area contributed by atoms with Gasteiger partial charge in [0, 0.05) is 32.4 Å². The molecule has 0 unspecified atom stereocenters. The topological polar surface area (TPSA) is 52.0 Å². The molecular weight excluding hydrogens is 288 g/mol. The van der Waals surface area contributed by atoms with E-state index in [0.717, 1.165) is 49.7 Å². The largest absolute Gasteiger partial charge is 0.382 e. The van der Waals surface area contributed by atoms with Gasteiger partial charge in [-0.05, 0) is 19.9 Å². The molecule has 2 rings (SSSR count). The number of nitrogens with one attached hydrogen (secondary N) is 1. The van der Waals surface area contributed by atoms with E-state index < -0.39 is 0 Å². The fraction of sp³-hybridized carbons (Fsp3) is 0.467. The van der Waals surface area contributed by atoms with Crippen LogP contribution < -0.4 is 5.32 Å². The Kier molecular flexibility index (Phi) is 7.97. The van der Waals surface area contributed by atoms with E-state index >= 15 is 0 Å². The lowest BCUT2D eigenvalue weighted by Crippen LogP contribution is -2.17. The molecule has 6 heteroatoms. The van der Waals surface area contributed by atoms with Gasteiger partial charge in [0.25, 0.3) is 0 Å². The smallest absolute Gasteiger partial charge is 0.117 e. The molecule has 0 amide bonds. The summed E-state index contributed by atoms with van der Waals surface area (Å²) in [6.07, 6.45) is 1.01. The molecule has 1 aromatic heterocycles. The Bertz CT molecular complexity index is 516. The fourth-order valence-electron chi connectivity index (χ4n) is 2.04. The average Bonchev–Trinajstić information content (AvgIpc) is 2.85. The molecule has 5 nitrogen and oxygen atoms in total. The number of hydrogen-bond donors (Lipinski definition) is 1. The highest BCUT2D eigenvalue weighted by Crippen LogP contribution is 2.19. The number of benzene rings is 1. The molecule has 0 aliphatic carbocycles. The van der Waals surface area contributed by atoms with Gasteiger partial charge in [-0.2, -0.15) is 15.0 Å². The fourth-order valence-corrected chi connectivity index (χ4v) is 2.04. The van der Waals surface area contributed by atoms with Crippen molar-refractivity contribution in [2.24, 2.45) is 7.05 Å². The molecule has 0 fully saturated rings. The van der Waals surface area contributed by atoms with E-state index in [0.29, 0.717) is 0 Å². The molecule has 0 radical (unpaired) electrons. The van der Waals surface area contributed by atoms with E-state index in [1.54, 1.807) is 4.80 Å². The van der Waals surface area contributed by atoms with Gasteiger partial charge in [0.1, 0.15) is 11.4 Å². The Morgan fingerprint density at radius 1 is 1.19 bits per heavy atom. The zero-order chi connectivity index (χ0) is 14.2. The maximum Gasteiger partial charge on any atom is 0.117 e. The van der Waals surface area contributed by atoms with Crippen molar-refractivity contribution in [3.63, 3.8) is 0 Å². The van der Waals surface area contributed by atoms with Crippen molar-refractivity contribution in [3.8, 4) is 11.3 Å². The summed E-state index contributed by atoms with van der Waals surface area (Å²) in [5.41, 5.74) is 3.03. The third-order valence-corrected chi connectivity index (χ3v) is 2.97. The van der Waals surface area contributed by atoms with Crippen LogP contribution in [0.15, 0.2) is 30.3 Å². The zero-order valence-electron chi connectivity index (χ0n) is 12.6. The third-order valence-electron chi connectivity index (χ3n) is 2.97. The van der Waals surface area contributed by atoms with Crippen LogP contribution in [0.3, 0.4) is 0 Å². The van der Waals surface area contributed by atoms with Crippen LogP contribution in [0.2, 0.25) is 0 Å². The molecule has 0 saturated heterocycles. The van der Waals surface area contributed by atoms with Gasteiger partial charge in [0.2, 0.25) is 0 Å². The van der Waals surface area contributed by atoms with Crippen molar-refractivity contribution in [1.82, 2.24) is 20.3 Å². The number of halogens is 1. The first kappa shape index (κ1) is 17.6. The van der Waals surface area contributed by atoms with Crippen LogP contribution in [0, 0.1) is 0 Å². The summed E-state index contributed by atoms with van der Waals surface area (Å²) in [6, 6.07) is 10.2. The molecule has 0 spiro atoms. The SMILES string of the molecule is CCOCCCNCc1nn(C)nc1-c1ccccc1.Cl. The lowest BCUT2D eigenvalue weighted by atomic mass is 10.1. The van der Waals surface area contributed by atoms with Crippen LogP contribution in [-0.4, -0.2) is 34.8 Å². The summed E-state index contributed by atoms with van der Waals surface area (Å²) in [5, 5.41) is 12.3. The minimum Gasteiger partial charge on any atom is -0.382 e. The van der Waals surface area contributed by atoms with Gasteiger partial charge in [-0.3, -0.25) is 0 Å². The van der Waals surface area contributed by atoms with Crippen molar-refractivity contribution in [2.45, 2.75) is 19.9 Å². The second-order valence-corrected chi connectivity index (χ2v) is 4.58. The van der Waals surface area contributed by atoms with Crippen LogP contribution in [0.5, 0.6) is 0 Å². The Morgan fingerprint density at radius 2 is 1.95 bits per heavy atom. The minimum atomic E-state index is 0. The van der Waals surface area contributed by atoms with Crippen LogP contribution >= 0.6 is 12.4 Å². The third kappa shape index (κ3) is 5.46. The molecule has 0 aliphatic heterocycles. The van der Waals surface area contributed by atoms with Crippen LogP contribution in [0.1, 0.15) is 19.0 Å². The lowest BCUT2D eigenvalue weighted by molar-refractivity contribution is 0.144. The number of aromatic nitrogens is 3. The van der Waals surface area contributed by atoms with Gasteiger partial charge in [0.15, 0.2) is 0 Å². The molecular formula is C15H23ClN4O. The van der Waals surface area contributed by atoms with E-state index in [1.807, 2.05) is 32.2 Å². The van der Waals surface area contributed by atoms with Crippen LogP contribution in [-0.2, 0) is 18.3 Å². The predicted octanol–water partition coefficient (Wildman–Crippen LogP) is 2.42. The summed E-state index contributed by atoms with van der Waals surface area (Å²) in [5.74, 6) is 0. The Labute approximate surface area is 132 Å². The first-order valence-corrected chi connectivity index (χ1v) is 7.05. The van der Waals surface area contributed by atoms with Gasteiger partial charge >= 0.3 is 0 Å². The van der Waals surface area contributed by atoms with Crippen molar-refractivity contribution in [3.05, 3.63) is 36.0 Å². The number of ether oxygens (including phenoxy) is 1. The van der Waals surface area contributed by atoms with Gasteiger partial charge in [-0.15, -0.1) is 12.4 Å². The first-order valence-electron chi connectivity index (χ1n) is 7.05. The molecule has 0 bridgehead atoms. The maximum atomic E-state index is 5.31. The van der Waals surface area contributed by atoms with E-state index in [4.69, 9.17) is 4.74 Å². The number of nitrogens with zero attached hydrogens (tertiary/aromatic N) is 3. The van der Waals surface area contributed by atoms with Crippen molar-refractivity contribution >= 4 is 12.4 Å². The Morgan fingerprint density at radius 3 is 2.67 bits per heavy atom. The lowest BCUT2D eigenvalue weighted by Gasteiger charge is -2.04. The van der Waals surface area contributed by atoms with Gasteiger partial charge in [-0.1, -0.05) is 30.3 Å². The summed E-state index contributed by atoms with van der Waals surface area (Å²) in [7, 11) is 1.85. The maximum absolute atomic E-state index is 5.31. The van der Waals surface area contributed by atoms with Crippen molar-refractivity contribution in [1.29, 1.82) is 0 Å². The van der Waals surface area contributed by atoms with Crippen LogP contribution in [0.25, 0.3) is 11.3 Å². The summed E-state index contributed by atoms with van der Waals surface area (Å²) < 4.78 is 5.31. The monoisotopic (exact) mass is 310 g/mol. The molecule has 2 aromatic rings. The molecule has 1 N–H and O–H groups in total. The van der Waals surface area contributed by atoms with Crippen molar-refractivity contribution < 1.29 is 4.74 Å². The van der Waals surface area contributed by atoms with E-state index in [-0.39, 0.29) is 12.4 Å². The number of aryl methyl sites for hydroxylation is 1. The summed E-state index contributed by atoms with van der Waals surface area (Å²) >= 11 is 0. The molecule has 0 atom stereocenters. The number of hydrogen-bond acceptors (Lipinski definition) is 4. The Balaban J connectivity index is 0.00000220. The number of rotatable bonds is 8. The average molecular weight is 311 g/mol. The standard InChI is InChI=1S/C15H22N4O.ClH/c1-3-20-11-7-10-16-12-14-15(18-19(2)17-14)13-8-5-4-6-9-13;/h4-6,8-9,16H,3,7,10-12H2,1-2H3;1H. The zero-order valence-corrected chi connectivity index (χ0v) is 13.4. The van der Waals surface area contributed by atoms with Gasteiger partial charge < -0.3 is 10.1 Å². The highest BCUT2D eigenvalue weighted by molar-refractivity contribution is 5.85. The summed E-state index contributed by atoms with van der Waals surface area (Å²) in [6.45, 7) is 5.24. The Hall–Kier alpha value is -1.43. The highest BCUT2D eigenvalue weighted by Gasteiger charge is 2.10. The van der Waals surface area contributed by atoms with E-state index in [9.17, 15) is 0 Å². The quantitative estimate of drug-likeness (QED) is 0.761. The van der Waals surface area contributed by atoms with Gasteiger partial charge in [0.05, 0.1) is 0 Å². The second-order valence-electron chi connectivity index (χ2n) is 4.58. The molecule has 1 heterocycles. The van der Waals surface area contributed by atoms with E-state index in [1.165, 1.54) is 0 Å².